The van der Waals surface area contributed by atoms with Gasteiger partial charge in [-0.25, -0.2) is 4.98 Å². The van der Waals surface area contributed by atoms with Gasteiger partial charge in [0.15, 0.2) is 0 Å². The molecule has 1 amide bonds. The van der Waals surface area contributed by atoms with Crippen molar-refractivity contribution in [2.45, 2.75) is 26.7 Å². The minimum atomic E-state index is 0.0353. The van der Waals surface area contributed by atoms with Crippen LogP contribution in [0.2, 0.25) is 0 Å². The molecule has 0 saturated carbocycles. The third-order valence-corrected chi connectivity index (χ3v) is 4.27. The first-order valence-electron chi connectivity index (χ1n) is 7.39. The van der Waals surface area contributed by atoms with Crippen LogP contribution in [0.15, 0.2) is 24.3 Å². The van der Waals surface area contributed by atoms with E-state index < -0.39 is 0 Å². The van der Waals surface area contributed by atoms with Gasteiger partial charge in [0.1, 0.15) is 0 Å². The van der Waals surface area contributed by atoms with Crippen molar-refractivity contribution in [2.24, 2.45) is 0 Å². The first-order chi connectivity index (χ1) is 10.6. The summed E-state index contributed by atoms with van der Waals surface area (Å²) in [7, 11) is 1.66. The summed E-state index contributed by atoms with van der Waals surface area (Å²) < 4.78 is 4.97. The summed E-state index contributed by atoms with van der Waals surface area (Å²) in [6.07, 6.45) is 1.20. The molecule has 0 unspecified atom stereocenters. The third-order valence-electron chi connectivity index (χ3n) is 3.30. The van der Waals surface area contributed by atoms with Gasteiger partial charge in [0.2, 0.25) is 5.91 Å². The van der Waals surface area contributed by atoms with Crippen LogP contribution >= 0.6 is 11.3 Å². The summed E-state index contributed by atoms with van der Waals surface area (Å²) in [4.78, 5) is 17.7. The zero-order valence-corrected chi connectivity index (χ0v) is 14.1. The first-order valence-corrected chi connectivity index (χ1v) is 8.21. The number of hydrogen-bond donors (Lipinski definition) is 1. The van der Waals surface area contributed by atoms with Crippen molar-refractivity contribution in [3.8, 4) is 11.3 Å². The van der Waals surface area contributed by atoms with Gasteiger partial charge in [0.25, 0.3) is 0 Å². The van der Waals surface area contributed by atoms with Gasteiger partial charge in [-0.15, -0.1) is 11.3 Å². The molecule has 1 aromatic heterocycles. The number of nitrogens with zero attached hydrogens (tertiary/aromatic N) is 1. The topological polar surface area (TPSA) is 51.2 Å². The Morgan fingerprint density at radius 1 is 1.27 bits per heavy atom. The van der Waals surface area contributed by atoms with Gasteiger partial charge in [0.05, 0.1) is 17.1 Å². The summed E-state index contributed by atoms with van der Waals surface area (Å²) in [6, 6.07) is 8.25. The van der Waals surface area contributed by atoms with Gasteiger partial charge in [-0.2, -0.15) is 0 Å². The zero-order valence-electron chi connectivity index (χ0n) is 13.3. The van der Waals surface area contributed by atoms with Crippen molar-refractivity contribution < 1.29 is 9.53 Å². The number of carbonyl (C=O) groups is 1. The summed E-state index contributed by atoms with van der Waals surface area (Å²) >= 11 is 1.59. The van der Waals surface area contributed by atoms with Crippen molar-refractivity contribution in [1.82, 2.24) is 10.3 Å². The first kappa shape index (κ1) is 16.6. The van der Waals surface area contributed by atoms with E-state index in [1.54, 1.807) is 18.4 Å². The molecule has 0 radical (unpaired) electrons. The van der Waals surface area contributed by atoms with Gasteiger partial charge < -0.3 is 10.1 Å². The molecule has 1 N–H and O–H groups in total. The van der Waals surface area contributed by atoms with Crippen LogP contribution in [0.5, 0.6) is 0 Å². The number of methoxy groups -OCH3 is 1. The lowest BCUT2D eigenvalue weighted by molar-refractivity contribution is -0.120. The van der Waals surface area contributed by atoms with Crippen LogP contribution in [0.4, 0.5) is 0 Å². The second-order valence-corrected chi connectivity index (χ2v) is 6.53. The Morgan fingerprint density at radius 3 is 2.68 bits per heavy atom. The van der Waals surface area contributed by atoms with E-state index in [-0.39, 0.29) is 5.91 Å². The number of aryl methyl sites for hydroxylation is 2. The average Bonchev–Trinajstić information content (AvgIpc) is 2.85. The largest absolute Gasteiger partial charge is 0.385 e. The van der Waals surface area contributed by atoms with Gasteiger partial charge in [-0.1, -0.05) is 29.8 Å². The molecule has 118 valence electrons. The van der Waals surface area contributed by atoms with Crippen LogP contribution in [0.1, 0.15) is 21.9 Å². The summed E-state index contributed by atoms with van der Waals surface area (Å²) in [5, 5.41) is 3.91. The normalized spacial score (nSPS) is 10.7. The molecule has 0 saturated heterocycles. The predicted molar refractivity (Wildman–Crippen MR) is 90.2 cm³/mol. The van der Waals surface area contributed by atoms with E-state index in [1.807, 2.05) is 6.92 Å². The molecule has 4 nitrogen and oxygen atoms in total. The van der Waals surface area contributed by atoms with E-state index in [9.17, 15) is 4.79 Å². The molecule has 0 bridgehead atoms. The van der Waals surface area contributed by atoms with E-state index in [0.29, 0.717) is 19.6 Å². The second-order valence-electron chi connectivity index (χ2n) is 5.24. The molecule has 0 atom stereocenters. The summed E-state index contributed by atoms with van der Waals surface area (Å²) in [5.74, 6) is 0.0353. The third kappa shape index (κ3) is 4.64. The Kier molecular flexibility index (Phi) is 6.10. The Labute approximate surface area is 135 Å². The average molecular weight is 318 g/mol. The van der Waals surface area contributed by atoms with Crippen molar-refractivity contribution in [2.75, 3.05) is 20.3 Å². The lowest BCUT2D eigenvalue weighted by Crippen LogP contribution is -2.26. The number of benzene rings is 1. The molecule has 2 aromatic rings. The Hall–Kier alpha value is -1.72. The van der Waals surface area contributed by atoms with E-state index in [1.165, 1.54) is 5.56 Å². The molecule has 1 heterocycles. The van der Waals surface area contributed by atoms with Crippen molar-refractivity contribution in [3.05, 3.63) is 39.7 Å². The van der Waals surface area contributed by atoms with Gasteiger partial charge in [-0.3, -0.25) is 4.79 Å². The fraction of sp³-hybridized carbons (Fsp3) is 0.412. The van der Waals surface area contributed by atoms with E-state index in [0.717, 1.165) is 27.6 Å². The van der Waals surface area contributed by atoms with Crippen molar-refractivity contribution >= 4 is 17.2 Å². The van der Waals surface area contributed by atoms with Gasteiger partial charge >= 0.3 is 0 Å². The molecule has 0 aliphatic heterocycles. The molecule has 5 heteroatoms. The van der Waals surface area contributed by atoms with Crippen molar-refractivity contribution in [1.29, 1.82) is 0 Å². The Balaban J connectivity index is 2.05. The summed E-state index contributed by atoms with van der Waals surface area (Å²) in [6.45, 7) is 5.34. The highest BCUT2D eigenvalue weighted by Crippen LogP contribution is 2.28. The fourth-order valence-corrected chi connectivity index (χ4v) is 3.14. The number of amides is 1. The number of thiazole rings is 1. The quantitative estimate of drug-likeness (QED) is 0.798. The Morgan fingerprint density at radius 2 is 2.00 bits per heavy atom. The smallest absolute Gasteiger partial charge is 0.225 e. The van der Waals surface area contributed by atoms with Crippen LogP contribution in [0.25, 0.3) is 11.3 Å². The van der Waals surface area contributed by atoms with Crippen LogP contribution in [0, 0.1) is 13.8 Å². The zero-order chi connectivity index (χ0) is 15.9. The monoisotopic (exact) mass is 318 g/mol. The standard InChI is InChI=1S/C17H22N2O2S/c1-12-5-7-14(8-6-12)17-15(22-13(2)19-17)11-16(20)18-9-4-10-21-3/h5-8H,4,9-11H2,1-3H3,(H,18,20). The van der Waals surface area contributed by atoms with E-state index >= 15 is 0 Å². The highest BCUT2D eigenvalue weighted by atomic mass is 32.1. The number of hydrogen-bond acceptors (Lipinski definition) is 4. The minimum Gasteiger partial charge on any atom is -0.385 e. The second kappa shape index (κ2) is 8.06. The molecule has 0 spiro atoms. The maximum absolute atomic E-state index is 12.0. The molecule has 0 aliphatic rings. The molecular formula is C17H22N2O2S. The highest BCUT2D eigenvalue weighted by Gasteiger charge is 2.14. The van der Waals surface area contributed by atoms with Crippen LogP contribution in [0.3, 0.4) is 0 Å². The molecule has 0 fully saturated rings. The lowest BCUT2D eigenvalue weighted by Gasteiger charge is -2.05. The fourth-order valence-electron chi connectivity index (χ4n) is 2.18. The van der Waals surface area contributed by atoms with Crippen LogP contribution in [-0.4, -0.2) is 31.2 Å². The number of nitrogens with one attached hydrogen (secondary N) is 1. The maximum atomic E-state index is 12.0. The maximum Gasteiger partial charge on any atom is 0.225 e. The van der Waals surface area contributed by atoms with Crippen LogP contribution in [-0.2, 0) is 16.0 Å². The number of aromatic nitrogens is 1. The molecular weight excluding hydrogens is 296 g/mol. The van der Waals surface area contributed by atoms with E-state index in [2.05, 4.69) is 41.5 Å². The SMILES string of the molecule is COCCCNC(=O)Cc1sc(C)nc1-c1ccc(C)cc1. The van der Waals surface area contributed by atoms with Gasteiger partial charge in [-0.05, 0) is 20.3 Å². The molecule has 1 aromatic carbocycles. The molecule has 22 heavy (non-hydrogen) atoms. The molecule has 0 aliphatic carbocycles. The van der Waals surface area contributed by atoms with Crippen LogP contribution < -0.4 is 5.32 Å². The van der Waals surface area contributed by atoms with Gasteiger partial charge in [0, 0.05) is 30.7 Å². The Bertz CT molecular complexity index is 620. The summed E-state index contributed by atoms with van der Waals surface area (Å²) in [5.41, 5.74) is 3.21. The highest BCUT2D eigenvalue weighted by molar-refractivity contribution is 7.12. The predicted octanol–water partition coefficient (Wildman–Crippen LogP) is 3.12. The number of ether oxygens (including phenoxy) is 1. The number of rotatable bonds is 7. The molecule has 2 rings (SSSR count). The number of carbonyl (C=O) groups excluding carboxylic acids is 1. The van der Waals surface area contributed by atoms with E-state index in [4.69, 9.17) is 4.74 Å². The van der Waals surface area contributed by atoms with Crippen molar-refractivity contribution in [3.63, 3.8) is 0 Å². The lowest BCUT2D eigenvalue weighted by atomic mass is 10.1. The minimum absolute atomic E-state index is 0.0353.